The van der Waals surface area contributed by atoms with Crippen molar-refractivity contribution in [1.82, 2.24) is 15.2 Å². The van der Waals surface area contributed by atoms with E-state index < -0.39 is 0 Å². The van der Waals surface area contributed by atoms with Gasteiger partial charge in [-0.15, -0.1) is 0 Å². The first-order valence-corrected chi connectivity index (χ1v) is 7.69. The predicted molar refractivity (Wildman–Crippen MR) is 87.0 cm³/mol. The van der Waals surface area contributed by atoms with Gasteiger partial charge in [0, 0.05) is 32.0 Å². The largest absolute Gasteiger partial charge is 0.349 e. The van der Waals surface area contributed by atoms with Gasteiger partial charge in [-0.1, -0.05) is 30.3 Å². The van der Waals surface area contributed by atoms with E-state index >= 15 is 0 Å². The highest BCUT2D eigenvalue weighted by atomic mass is 16.2. The highest BCUT2D eigenvalue weighted by Gasteiger charge is 2.24. The molecule has 1 aromatic heterocycles. The van der Waals surface area contributed by atoms with Gasteiger partial charge in [-0.25, -0.2) is 0 Å². The average molecular weight is 309 g/mol. The third kappa shape index (κ3) is 3.94. The van der Waals surface area contributed by atoms with Crippen molar-refractivity contribution in [2.24, 2.45) is 0 Å². The fraction of sp³-hybridized carbons (Fsp3) is 0.278. The zero-order chi connectivity index (χ0) is 16.2. The maximum absolute atomic E-state index is 12.5. The molecular formula is C18H19N3O2. The van der Waals surface area contributed by atoms with Crippen molar-refractivity contribution >= 4 is 11.8 Å². The highest BCUT2D eigenvalue weighted by Crippen LogP contribution is 2.19. The van der Waals surface area contributed by atoms with Crippen molar-refractivity contribution in [3.05, 3.63) is 65.5 Å². The molecule has 0 spiro atoms. The first-order valence-electron chi connectivity index (χ1n) is 7.69. The van der Waals surface area contributed by atoms with Crippen LogP contribution in [-0.2, 0) is 6.54 Å². The lowest BCUT2D eigenvalue weighted by Gasteiger charge is -2.17. The van der Waals surface area contributed by atoms with Crippen LogP contribution in [0.4, 0.5) is 0 Å². The van der Waals surface area contributed by atoms with Crippen LogP contribution < -0.4 is 5.32 Å². The van der Waals surface area contributed by atoms with Crippen LogP contribution >= 0.6 is 0 Å². The number of hydrogen-bond donors (Lipinski definition) is 1. The van der Waals surface area contributed by atoms with Crippen molar-refractivity contribution in [3.63, 3.8) is 0 Å². The molecular weight excluding hydrogens is 290 g/mol. The zero-order valence-corrected chi connectivity index (χ0v) is 13.0. The molecule has 1 aromatic carbocycles. The predicted octanol–water partition coefficient (Wildman–Crippen LogP) is 2.25. The first kappa shape index (κ1) is 15.2. The van der Waals surface area contributed by atoms with Crippen LogP contribution in [0, 0.1) is 0 Å². The molecule has 0 atom stereocenters. The van der Waals surface area contributed by atoms with Crippen LogP contribution in [0.15, 0.2) is 48.8 Å². The van der Waals surface area contributed by atoms with E-state index in [0.29, 0.717) is 17.7 Å². The SMILES string of the molecule is CN(Cc1ccccc1)C(=O)c1cncc(C(=O)NC2CC2)c1. The van der Waals surface area contributed by atoms with E-state index in [4.69, 9.17) is 0 Å². The lowest BCUT2D eigenvalue weighted by molar-refractivity contribution is 0.0784. The highest BCUT2D eigenvalue weighted by molar-refractivity contribution is 5.99. The summed E-state index contributed by atoms with van der Waals surface area (Å²) in [4.78, 5) is 30.2. The maximum atomic E-state index is 12.5. The summed E-state index contributed by atoms with van der Waals surface area (Å²) in [6.45, 7) is 0.512. The van der Waals surface area contributed by atoms with Gasteiger partial charge in [-0.05, 0) is 24.5 Å². The maximum Gasteiger partial charge on any atom is 0.255 e. The quantitative estimate of drug-likeness (QED) is 0.921. The van der Waals surface area contributed by atoms with E-state index in [2.05, 4.69) is 10.3 Å². The molecule has 23 heavy (non-hydrogen) atoms. The smallest absolute Gasteiger partial charge is 0.255 e. The van der Waals surface area contributed by atoms with Crippen LogP contribution in [-0.4, -0.2) is 34.8 Å². The van der Waals surface area contributed by atoms with E-state index in [1.807, 2.05) is 30.3 Å². The molecule has 0 radical (unpaired) electrons. The lowest BCUT2D eigenvalue weighted by Crippen LogP contribution is -2.28. The fourth-order valence-electron chi connectivity index (χ4n) is 2.33. The Hall–Kier alpha value is -2.69. The summed E-state index contributed by atoms with van der Waals surface area (Å²) in [5.74, 6) is -0.317. The summed E-state index contributed by atoms with van der Waals surface area (Å²) >= 11 is 0. The number of nitrogens with one attached hydrogen (secondary N) is 1. The Labute approximate surface area is 135 Å². The van der Waals surface area contributed by atoms with E-state index in [1.165, 1.54) is 12.4 Å². The zero-order valence-electron chi connectivity index (χ0n) is 13.0. The number of benzene rings is 1. The summed E-state index contributed by atoms with van der Waals surface area (Å²) in [5, 5.41) is 2.90. The minimum Gasteiger partial charge on any atom is -0.349 e. The monoisotopic (exact) mass is 309 g/mol. The number of aromatic nitrogens is 1. The molecule has 5 heteroatoms. The van der Waals surface area contributed by atoms with Gasteiger partial charge in [0.15, 0.2) is 0 Å². The summed E-state index contributed by atoms with van der Waals surface area (Å²) in [5.41, 5.74) is 1.90. The minimum atomic E-state index is -0.166. The molecule has 1 fully saturated rings. The number of carbonyl (C=O) groups excluding carboxylic acids is 2. The van der Waals surface area contributed by atoms with Crippen molar-refractivity contribution in [2.45, 2.75) is 25.4 Å². The second kappa shape index (κ2) is 6.60. The molecule has 5 nitrogen and oxygen atoms in total. The summed E-state index contributed by atoms with van der Waals surface area (Å²) in [7, 11) is 1.74. The van der Waals surface area contributed by atoms with Crippen LogP contribution in [0.25, 0.3) is 0 Å². The topological polar surface area (TPSA) is 62.3 Å². The van der Waals surface area contributed by atoms with Crippen molar-refractivity contribution in [3.8, 4) is 0 Å². The Morgan fingerprint density at radius 2 is 1.87 bits per heavy atom. The molecule has 2 amide bonds. The second-order valence-corrected chi connectivity index (χ2v) is 5.86. The number of amides is 2. The molecule has 0 bridgehead atoms. The van der Waals surface area contributed by atoms with Crippen LogP contribution in [0.5, 0.6) is 0 Å². The van der Waals surface area contributed by atoms with Crippen LogP contribution in [0.1, 0.15) is 39.1 Å². The Kier molecular flexibility index (Phi) is 4.37. The first-order chi connectivity index (χ1) is 11.1. The number of rotatable bonds is 5. The van der Waals surface area contributed by atoms with E-state index in [-0.39, 0.29) is 17.9 Å². The average Bonchev–Trinajstić information content (AvgIpc) is 3.39. The molecule has 1 aliphatic rings. The standard InChI is InChI=1S/C18H19N3O2/c1-21(12-13-5-3-2-4-6-13)18(23)15-9-14(10-19-11-15)17(22)20-16-7-8-16/h2-6,9-11,16H,7-8,12H2,1H3,(H,20,22). The van der Waals surface area contributed by atoms with E-state index in [9.17, 15) is 9.59 Å². The minimum absolute atomic E-state index is 0.151. The molecule has 3 rings (SSSR count). The molecule has 118 valence electrons. The Balaban J connectivity index is 1.69. The fourth-order valence-corrected chi connectivity index (χ4v) is 2.33. The van der Waals surface area contributed by atoms with Gasteiger partial charge < -0.3 is 10.2 Å². The Bertz CT molecular complexity index is 711. The van der Waals surface area contributed by atoms with Crippen molar-refractivity contribution in [2.75, 3.05) is 7.05 Å². The molecule has 1 aliphatic carbocycles. The van der Waals surface area contributed by atoms with Gasteiger partial charge in [0.25, 0.3) is 11.8 Å². The second-order valence-electron chi connectivity index (χ2n) is 5.86. The molecule has 0 saturated heterocycles. The van der Waals surface area contributed by atoms with Crippen LogP contribution in [0.3, 0.4) is 0 Å². The third-order valence-electron chi connectivity index (χ3n) is 3.77. The van der Waals surface area contributed by atoms with Crippen molar-refractivity contribution in [1.29, 1.82) is 0 Å². The number of carbonyl (C=O) groups is 2. The normalized spacial score (nSPS) is 13.4. The van der Waals surface area contributed by atoms with E-state index in [1.54, 1.807) is 18.0 Å². The lowest BCUT2D eigenvalue weighted by atomic mass is 10.1. The van der Waals surface area contributed by atoms with Gasteiger partial charge in [0.2, 0.25) is 0 Å². The molecule has 1 saturated carbocycles. The van der Waals surface area contributed by atoms with Gasteiger partial charge in [0.1, 0.15) is 0 Å². The Morgan fingerprint density at radius 1 is 1.17 bits per heavy atom. The van der Waals surface area contributed by atoms with Gasteiger partial charge in [-0.3, -0.25) is 14.6 Å². The molecule has 0 unspecified atom stereocenters. The molecule has 2 aromatic rings. The molecule has 0 aliphatic heterocycles. The third-order valence-corrected chi connectivity index (χ3v) is 3.77. The van der Waals surface area contributed by atoms with Crippen molar-refractivity contribution < 1.29 is 9.59 Å². The van der Waals surface area contributed by atoms with E-state index in [0.717, 1.165) is 18.4 Å². The number of pyridine rings is 1. The number of nitrogens with zero attached hydrogens (tertiary/aromatic N) is 2. The summed E-state index contributed by atoms with van der Waals surface area (Å²) in [6.07, 6.45) is 5.04. The van der Waals surface area contributed by atoms with Gasteiger partial charge in [0.05, 0.1) is 11.1 Å². The Morgan fingerprint density at radius 3 is 2.57 bits per heavy atom. The molecule has 1 N–H and O–H groups in total. The molecule has 1 heterocycles. The summed E-state index contributed by atoms with van der Waals surface area (Å²) in [6, 6.07) is 11.7. The van der Waals surface area contributed by atoms with Gasteiger partial charge >= 0.3 is 0 Å². The summed E-state index contributed by atoms with van der Waals surface area (Å²) < 4.78 is 0. The number of hydrogen-bond acceptors (Lipinski definition) is 3. The van der Waals surface area contributed by atoms with Crippen LogP contribution in [0.2, 0.25) is 0 Å². The van der Waals surface area contributed by atoms with Gasteiger partial charge in [-0.2, -0.15) is 0 Å².